The zero-order valence-electron chi connectivity index (χ0n) is 11.3. The maximum atomic E-state index is 12.3. The number of carbonyl (C=O) groups is 1. The number of anilines is 1. The predicted molar refractivity (Wildman–Crippen MR) is 67.3 cm³/mol. The van der Waals surface area contributed by atoms with Gasteiger partial charge in [0.1, 0.15) is 5.60 Å². The SMILES string of the molecule is CC(C)(C)OC(=O)Nc1ccc(C(O)C(F)(F)F)cc1. The van der Waals surface area contributed by atoms with Gasteiger partial charge in [0.05, 0.1) is 0 Å². The van der Waals surface area contributed by atoms with Gasteiger partial charge in [-0.15, -0.1) is 0 Å². The Morgan fingerprint density at radius 3 is 2.10 bits per heavy atom. The zero-order chi connectivity index (χ0) is 15.6. The Labute approximate surface area is 114 Å². The highest BCUT2D eigenvalue weighted by molar-refractivity contribution is 5.84. The third-order valence-corrected chi connectivity index (χ3v) is 2.18. The van der Waals surface area contributed by atoms with Crippen LogP contribution in [0.3, 0.4) is 0 Å². The van der Waals surface area contributed by atoms with Crippen LogP contribution in [-0.2, 0) is 4.74 Å². The summed E-state index contributed by atoms with van der Waals surface area (Å²) in [4.78, 5) is 11.4. The van der Waals surface area contributed by atoms with Crippen molar-refractivity contribution in [3.05, 3.63) is 29.8 Å². The van der Waals surface area contributed by atoms with Crippen LogP contribution < -0.4 is 5.32 Å². The smallest absolute Gasteiger partial charge is 0.418 e. The zero-order valence-corrected chi connectivity index (χ0v) is 11.3. The van der Waals surface area contributed by atoms with E-state index in [0.717, 1.165) is 12.1 Å². The van der Waals surface area contributed by atoms with Gasteiger partial charge in [-0.1, -0.05) is 12.1 Å². The van der Waals surface area contributed by atoms with Gasteiger partial charge in [-0.25, -0.2) is 4.79 Å². The Morgan fingerprint density at radius 1 is 1.20 bits per heavy atom. The summed E-state index contributed by atoms with van der Waals surface area (Å²) in [5.41, 5.74) is -0.694. The van der Waals surface area contributed by atoms with Gasteiger partial charge in [0, 0.05) is 5.69 Å². The fourth-order valence-electron chi connectivity index (χ4n) is 1.36. The second-order valence-corrected chi connectivity index (χ2v) is 5.19. The van der Waals surface area contributed by atoms with Gasteiger partial charge in [-0.3, -0.25) is 5.32 Å². The summed E-state index contributed by atoms with van der Waals surface area (Å²) in [7, 11) is 0. The molecule has 0 aliphatic carbocycles. The summed E-state index contributed by atoms with van der Waals surface area (Å²) in [6, 6.07) is 4.69. The highest BCUT2D eigenvalue weighted by Gasteiger charge is 2.39. The number of nitrogens with one attached hydrogen (secondary N) is 1. The lowest BCUT2D eigenvalue weighted by Crippen LogP contribution is -2.27. The summed E-state index contributed by atoms with van der Waals surface area (Å²) in [5.74, 6) is 0. The molecule has 1 unspecified atom stereocenters. The minimum atomic E-state index is -4.72. The standard InChI is InChI=1S/C13H16F3NO3/c1-12(2,3)20-11(19)17-9-6-4-8(5-7-9)10(18)13(14,15)16/h4-7,10,18H,1-3H3,(H,17,19). The van der Waals surface area contributed by atoms with Gasteiger partial charge in [0.25, 0.3) is 0 Å². The number of amides is 1. The molecule has 0 fully saturated rings. The molecule has 0 aliphatic heterocycles. The van der Waals surface area contributed by atoms with Gasteiger partial charge < -0.3 is 9.84 Å². The van der Waals surface area contributed by atoms with Gasteiger partial charge in [-0.2, -0.15) is 13.2 Å². The first-order chi connectivity index (χ1) is 8.99. The number of hydrogen-bond donors (Lipinski definition) is 2. The van der Waals surface area contributed by atoms with E-state index < -0.39 is 24.0 Å². The number of rotatable bonds is 2. The number of hydrogen-bond acceptors (Lipinski definition) is 3. The molecule has 0 spiro atoms. The van der Waals surface area contributed by atoms with Crippen LogP contribution in [0.25, 0.3) is 0 Å². The normalized spacial score (nSPS) is 13.8. The summed E-state index contributed by atoms with van der Waals surface area (Å²) >= 11 is 0. The molecule has 1 amide bonds. The largest absolute Gasteiger partial charge is 0.444 e. The molecule has 1 atom stereocenters. The lowest BCUT2D eigenvalue weighted by molar-refractivity contribution is -0.206. The molecule has 0 radical (unpaired) electrons. The van der Waals surface area contributed by atoms with Crippen molar-refractivity contribution in [2.24, 2.45) is 0 Å². The monoisotopic (exact) mass is 291 g/mol. The average Bonchev–Trinajstić information content (AvgIpc) is 2.25. The predicted octanol–water partition coefficient (Wildman–Crippen LogP) is 3.63. The Kier molecular flexibility index (Phi) is 4.65. The number of aliphatic hydroxyl groups excluding tert-OH is 1. The van der Waals surface area contributed by atoms with E-state index in [1.54, 1.807) is 20.8 Å². The fraction of sp³-hybridized carbons (Fsp3) is 0.462. The van der Waals surface area contributed by atoms with Crippen LogP contribution >= 0.6 is 0 Å². The van der Waals surface area contributed by atoms with E-state index in [0.29, 0.717) is 0 Å². The number of alkyl halides is 3. The minimum absolute atomic E-state index is 0.275. The van der Waals surface area contributed by atoms with Crippen molar-refractivity contribution in [1.29, 1.82) is 0 Å². The van der Waals surface area contributed by atoms with Gasteiger partial charge in [0.15, 0.2) is 6.10 Å². The number of carbonyl (C=O) groups excluding carboxylic acids is 1. The molecule has 0 aliphatic rings. The van der Waals surface area contributed by atoms with E-state index in [9.17, 15) is 18.0 Å². The Balaban J connectivity index is 2.70. The van der Waals surface area contributed by atoms with Crippen molar-refractivity contribution in [2.75, 3.05) is 5.32 Å². The number of ether oxygens (including phenoxy) is 1. The van der Waals surface area contributed by atoms with Crippen LogP contribution in [0.15, 0.2) is 24.3 Å². The molecule has 0 saturated heterocycles. The lowest BCUT2D eigenvalue weighted by atomic mass is 10.1. The number of halogens is 3. The molecule has 1 aromatic rings. The third-order valence-electron chi connectivity index (χ3n) is 2.18. The van der Waals surface area contributed by atoms with Crippen LogP contribution in [0.1, 0.15) is 32.4 Å². The first-order valence-electron chi connectivity index (χ1n) is 5.84. The molecule has 7 heteroatoms. The maximum absolute atomic E-state index is 12.3. The van der Waals surface area contributed by atoms with E-state index in [4.69, 9.17) is 9.84 Å². The molecule has 1 rings (SSSR count). The molecule has 2 N–H and O–H groups in total. The Bertz CT molecular complexity index is 463. The van der Waals surface area contributed by atoms with E-state index in [2.05, 4.69) is 5.32 Å². The Morgan fingerprint density at radius 2 is 1.70 bits per heavy atom. The van der Waals surface area contributed by atoms with Gasteiger partial charge in [0.2, 0.25) is 0 Å². The molecular formula is C13H16F3NO3. The van der Waals surface area contributed by atoms with Crippen LogP contribution in [-0.4, -0.2) is 23.0 Å². The van der Waals surface area contributed by atoms with Crippen molar-refractivity contribution in [1.82, 2.24) is 0 Å². The molecule has 20 heavy (non-hydrogen) atoms. The highest BCUT2D eigenvalue weighted by Crippen LogP contribution is 2.32. The van der Waals surface area contributed by atoms with Crippen molar-refractivity contribution < 1.29 is 27.8 Å². The second kappa shape index (κ2) is 5.70. The minimum Gasteiger partial charge on any atom is -0.444 e. The van der Waals surface area contributed by atoms with E-state index >= 15 is 0 Å². The average molecular weight is 291 g/mol. The lowest BCUT2D eigenvalue weighted by Gasteiger charge is -2.20. The molecule has 1 aromatic carbocycles. The molecule has 0 bridgehead atoms. The first-order valence-corrected chi connectivity index (χ1v) is 5.84. The molecule has 0 saturated carbocycles. The quantitative estimate of drug-likeness (QED) is 0.874. The van der Waals surface area contributed by atoms with E-state index in [1.165, 1.54) is 12.1 Å². The molecule has 112 valence electrons. The summed E-state index contributed by atoms with van der Waals surface area (Å²) in [6.07, 6.45) is -7.97. The van der Waals surface area contributed by atoms with E-state index in [1.807, 2.05) is 0 Å². The summed E-state index contributed by atoms with van der Waals surface area (Å²) < 4.78 is 41.9. The van der Waals surface area contributed by atoms with Crippen LogP contribution in [0, 0.1) is 0 Å². The van der Waals surface area contributed by atoms with Gasteiger partial charge >= 0.3 is 12.3 Å². The molecule has 0 heterocycles. The summed E-state index contributed by atoms with van der Waals surface area (Å²) in [6.45, 7) is 5.07. The topological polar surface area (TPSA) is 58.6 Å². The van der Waals surface area contributed by atoms with E-state index in [-0.39, 0.29) is 11.3 Å². The van der Waals surface area contributed by atoms with Crippen molar-refractivity contribution >= 4 is 11.8 Å². The first kappa shape index (κ1) is 16.3. The van der Waals surface area contributed by atoms with Crippen LogP contribution in [0.2, 0.25) is 0 Å². The molecule has 0 aromatic heterocycles. The third kappa shape index (κ3) is 5.08. The van der Waals surface area contributed by atoms with Crippen molar-refractivity contribution in [3.8, 4) is 0 Å². The number of aliphatic hydroxyl groups is 1. The Hall–Kier alpha value is -1.76. The second-order valence-electron chi connectivity index (χ2n) is 5.19. The van der Waals surface area contributed by atoms with Crippen LogP contribution in [0.5, 0.6) is 0 Å². The summed E-state index contributed by atoms with van der Waals surface area (Å²) in [5, 5.41) is 11.4. The molecular weight excluding hydrogens is 275 g/mol. The highest BCUT2D eigenvalue weighted by atomic mass is 19.4. The molecule has 4 nitrogen and oxygen atoms in total. The van der Waals surface area contributed by atoms with Gasteiger partial charge in [-0.05, 0) is 38.5 Å². The van der Waals surface area contributed by atoms with Crippen molar-refractivity contribution in [2.45, 2.75) is 38.7 Å². The fourth-order valence-corrected chi connectivity index (χ4v) is 1.36. The van der Waals surface area contributed by atoms with Crippen LogP contribution in [0.4, 0.5) is 23.7 Å². The van der Waals surface area contributed by atoms with Crippen molar-refractivity contribution in [3.63, 3.8) is 0 Å². The maximum Gasteiger partial charge on any atom is 0.418 e. The number of benzene rings is 1.